The van der Waals surface area contributed by atoms with Crippen molar-refractivity contribution in [3.05, 3.63) is 131 Å². The van der Waals surface area contributed by atoms with Gasteiger partial charge in [-0.3, -0.25) is 0 Å². The number of aryl methyl sites for hydroxylation is 2. The van der Waals surface area contributed by atoms with Crippen molar-refractivity contribution in [1.82, 2.24) is 4.44 Å². The van der Waals surface area contributed by atoms with Crippen LogP contribution in [0, 0.1) is 13.8 Å². The van der Waals surface area contributed by atoms with Crippen LogP contribution in [0.5, 0.6) is 0 Å². The van der Waals surface area contributed by atoms with Gasteiger partial charge in [0.2, 0.25) is 0 Å². The normalized spacial score (nSPS) is 20.3. The van der Waals surface area contributed by atoms with Crippen LogP contribution in [0.4, 0.5) is 0 Å². The summed E-state index contributed by atoms with van der Waals surface area (Å²) in [6.45, 7) is 7.07. The van der Waals surface area contributed by atoms with E-state index in [2.05, 4.69) is 141 Å². The fraction of sp³-hybridized carbons (Fsp3) is 0.250. The predicted octanol–water partition coefficient (Wildman–Crippen LogP) is 8.15. The molecule has 1 saturated heterocycles. The molecule has 0 spiro atoms. The van der Waals surface area contributed by atoms with Crippen LogP contribution in [-0.2, 0) is 0 Å². The van der Waals surface area contributed by atoms with Crippen molar-refractivity contribution in [3.8, 4) is 0 Å². The molecule has 180 valence electrons. The molecule has 4 aromatic rings. The van der Waals surface area contributed by atoms with Gasteiger partial charge in [-0.05, 0) is 0 Å². The molecule has 5 rings (SSSR count). The van der Waals surface area contributed by atoms with Gasteiger partial charge >= 0.3 is 214 Å². The first-order valence-electron chi connectivity index (χ1n) is 12.8. The summed E-state index contributed by atoms with van der Waals surface area (Å²) in [6, 6.07) is 41.3. The van der Waals surface area contributed by atoms with Gasteiger partial charge in [0.15, 0.2) is 0 Å². The topological polar surface area (TPSA) is 3.24 Å². The predicted molar refractivity (Wildman–Crippen MR) is 158 cm³/mol. The Morgan fingerprint density at radius 2 is 0.971 bits per heavy atom. The Morgan fingerprint density at radius 1 is 0.600 bits per heavy atom. The number of benzene rings is 4. The first-order valence-corrected chi connectivity index (χ1v) is 16.6. The van der Waals surface area contributed by atoms with Crippen LogP contribution < -0.4 is 10.6 Å². The van der Waals surface area contributed by atoms with Gasteiger partial charge in [0.05, 0.1) is 0 Å². The number of rotatable bonds is 6. The molecular formula is C32H37NP2. The molecule has 1 nitrogen and oxygen atoms in total. The van der Waals surface area contributed by atoms with Crippen molar-refractivity contribution in [2.24, 2.45) is 0 Å². The van der Waals surface area contributed by atoms with E-state index in [4.69, 9.17) is 0 Å². The molecule has 35 heavy (non-hydrogen) atoms. The van der Waals surface area contributed by atoms with Gasteiger partial charge in [0.25, 0.3) is 0 Å². The summed E-state index contributed by atoms with van der Waals surface area (Å²) in [6.07, 6.45) is 2.53. The standard InChI is InChI=1S/C32H37NP2/c1-25-15-19-27(20-16-25)31-23-24-32(28-21-17-26(2)18-22-28)35(31,4)33(3)34(29-11-7-5-8-12-29)30-13-9-6-10-14-30/h5-22,31-32,35H,23-24H2,1-4H3/t31-,32-/m0/s1. The van der Waals surface area contributed by atoms with Crippen LogP contribution in [0.3, 0.4) is 0 Å². The third-order valence-corrected chi connectivity index (χ3v) is 17.6. The second-order valence-corrected chi connectivity index (χ2v) is 17.4. The molecule has 1 heterocycles. The van der Waals surface area contributed by atoms with E-state index in [1.165, 1.54) is 45.7 Å². The zero-order chi connectivity index (χ0) is 24.4. The molecule has 0 N–H and O–H groups in total. The fourth-order valence-corrected chi connectivity index (χ4v) is 15.8. The van der Waals surface area contributed by atoms with Gasteiger partial charge in [-0.2, -0.15) is 0 Å². The Bertz CT molecular complexity index is 1140. The van der Waals surface area contributed by atoms with Crippen LogP contribution in [0.1, 0.15) is 46.4 Å². The van der Waals surface area contributed by atoms with Crippen molar-refractivity contribution in [2.45, 2.75) is 38.0 Å². The molecule has 0 amide bonds. The summed E-state index contributed by atoms with van der Waals surface area (Å²) in [4.78, 5) is 0. The number of hydrogen-bond donors (Lipinski definition) is 0. The molecule has 2 atom stereocenters. The van der Waals surface area contributed by atoms with Crippen molar-refractivity contribution in [3.63, 3.8) is 0 Å². The molecule has 1 aliphatic heterocycles. The minimum atomic E-state index is -2.03. The van der Waals surface area contributed by atoms with E-state index in [9.17, 15) is 0 Å². The van der Waals surface area contributed by atoms with Crippen molar-refractivity contribution in [1.29, 1.82) is 0 Å². The SMILES string of the molecule is Cc1ccc([C@@H]2CC[C@@H](c3ccc(C)cc3)[PH]2(C)N(C)P(c2ccccc2)c2ccccc2)cc1. The second-order valence-electron chi connectivity index (χ2n) is 10.2. The van der Waals surface area contributed by atoms with Crippen molar-refractivity contribution < 1.29 is 0 Å². The summed E-state index contributed by atoms with van der Waals surface area (Å²) in [7, 11) is -0.204. The molecule has 0 aliphatic carbocycles. The first-order chi connectivity index (χ1) is 17.0. The van der Waals surface area contributed by atoms with Gasteiger partial charge in [-0.25, -0.2) is 0 Å². The van der Waals surface area contributed by atoms with E-state index < -0.39 is 15.5 Å². The quantitative estimate of drug-likeness (QED) is 0.243. The molecule has 1 aliphatic rings. The van der Waals surface area contributed by atoms with E-state index >= 15 is 0 Å². The van der Waals surface area contributed by atoms with Gasteiger partial charge in [0.1, 0.15) is 0 Å². The summed E-state index contributed by atoms with van der Waals surface area (Å²) >= 11 is 0. The molecule has 0 saturated carbocycles. The Balaban J connectivity index is 1.66. The first kappa shape index (κ1) is 24.4. The van der Waals surface area contributed by atoms with Crippen LogP contribution in [0.2, 0.25) is 0 Å². The Labute approximate surface area is 213 Å². The monoisotopic (exact) mass is 497 g/mol. The van der Waals surface area contributed by atoms with Gasteiger partial charge in [-0.1, -0.05) is 0 Å². The third kappa shape index (κ3) is 4.75. The van der Waals surface area contributed by atoms with Crippen LogP contribution >= 0.6 is 15.5 Å². The molecule has 0 aromatic heterocycles. The van der Waals surface area contributed by atoms with Crippen LogP contribution in [0.25, 0.3) is 0 Å². The molecule has 3 heteroatoms. The number of nitrogens with zero attached hydrogens (tertiary/aromatic N) is 1. The van der Waals surface area contributed by atoms with E-state index in [1.807, 2.05) is 0 Å². The Hall–Kier alpha value is -2.30. The van der Waals surface area contributed by atoms with Crippen LogP contribution in [0.15, 0.2) is 109 Å². The van der Waals surface area contributed by atoms with Gasteiger partial charge in [-0.15, -0.1) is 0 Å². The van der Waals surface area contributed by atoms with Gasteiger partial charge in [0, 0.05) is 0 Å². The van der Waals surface area contributed by atoms with Crippen molar-refractivity contribution in [2.75, 3.05) is 13.7 Å². The van der Waals surface area contributed by atoms with E-state index in [-0.39, 0.29) is 0 Å². The maximum atomic E-state index is 2.90. The second kappa shape index (κ2) is 10.4. The molecule has 1 fully saturated rings. The summed E-state index contributed by atoms with van der Waals surface area (Å²) in [5, 5.41) is 2.89. The average molecular weight is 498 g/mol. The van der Waals surface area contributed by atoms with Gasteiger partial charge < -0.3 is 0 Å². The summed E-state index contributed by atoms with van der Waals surface area (Å²) in [5.41, 5.74) is 6.96. The molecule has 0 bridgehead atoms. The Kier molecular flexibility index (Phi) is 7.22. The van der Waals surface area contributed by atoms with E-state index in [1.54, 1.807) is 0 Å². The number of hydrogen-bond acceptors (Lipinski definition) is 1. The minimum absolute atomic E-state index is 0.608. The van der Waals surface area contributed by atoms with E-state index in [0.29, 0.717) is 11.3 Å². The zero-order valence-corrected chi connectivity index (χ0v) is 23.3. The zero-order valence-electron chi connectivity index (χ0n) is 21.4. The van der Waals surface area contributed by atoms with Crippen molar-refractivity contribution >= 4 is 26.1 Å². The van der Waals surface area contributed by atoms with E-state index in [0.717, 1.165) is 0 Å². The Morgan fingerprint density at radius 3 is 1.34 bits per heavy atom. The molecule has 4 aromatic carbocycles. The molecule has 0 radical (unpaired) electrons. The third-order valence-electron chi connectivity index (χ3n) is 8.11. The molecule has 0 unspecified atom stereocenters. The summed E-state index contributed by atoms with van der Waals surface area (Å²) in [5.74, 6) is 0. The van der Waals surface area contributed by atoms with Crippen LogP contribution in [-0.4, -0.2) is 18.2 Å². The maximum absolute atomic E-state index is 2.90. The fourth-order valence-electron chi connectivity index (χ4n) is 6.07. The molecular weight excluding hydrogens is 460 g/mol. The summed E-state index contributed by atoms with van der Waals surface area (Å²) < 4.78 is 2.90. The average Bonchev–Trinajstić information content (AvgIpc) is 3.24.